The van der Waals surface area contributed by atoms with Crippen molar-refractivity contribution in [3.05, 3.63) is 0 Å². The standard InChI is InChI=1S/C15H24N4O3S/c1-12-14(15(20)17-6-2-3-7-17)5-4-8-19(12)23(21,22)18-10-13(9-16)11-18/h12-14H,2-8,10-11H2,1H3/t12-,14-/m0/s1. The number of hydrogen-bond acceptors (Lipinski definition) is 4. The summed E-state index contributed by atoms with van der Waals surface area (Å²) in [5.41, 5.74) is 0. The van der Waals surface area contributed by atoms with Crippen LogP contribution in [0.5, 0.6) is 0 Å². The van der Waals surface area contributed by atoms with Gasteiger partial charge in [0.15, 0.2) is 0 Å². The lowest BCUT2D eigenvalue weighted by atomic mass is 9.90. The van der Waals surface area contributed by atoms with Gasteiger partial charge in [-0.2, -0.15) is 22.3 Å². The number of likely N-dealkylation sites (tertiary alicyclic amines) is 1. The molecule has 3 fully saturated rings. The average molecular weight is 340 g/mol. The molecule has 0 aromatic rings. The van der Waals surface area contributed by atoms with Crippen LogP contribution in [0.4, 0.5) is 0 Å². The molecule has 128 valence electrons. The third kappa shape index (κ3) is 2.97. The van der Waals surface area contributed by atoms with E-state index in [1.165, 1.54) is 8.61 Å². The zero-order chi connectivity index (χ0) is 16.6. The molecule has 0 spiro atoms. The summed E-state index contributed by atoms with van der Waals surface area (Å²) in [5.74, 6) is -0.343. The van der Waals surface area contributed by atoms with Gasteiger partial charge in [0.1, 0.15) is 0 Å². The lowest BCUT2D eigenvalue weighted by molar-refractivity contribution is -0.137. The molecule has 2 atom stereocenters. The Morgan fingerprint density at radius 1 is 1.13 bits per heavy atom. The molecule has 7 nitrogen and oxygen atoms in total. The summed E-state index contributed by atoms with van der Waals surface area (Å²) in [7, 11) is -3.56. The zero-order valence-electron chi connectivity index (χ0n) is 13.5. The molecule has 23 heavy (non-hydrogen) atoms. The molecule has 3 aliphatic rings. The highest BCUT2D eigenvalue weighted by molar-refractivity contribution is 7.86. The normalized spacial score (nSPS) is 30.9. The van der Waals surface area contributed by atoms with Crippen LogP contribution >= 0.6 is 0 Å². The summed E-state index contributed by atoms with van der Waals surface area (Å²) in [4.78, 5) is 14.6. The van der Waals surface area contributed by atoms with E-state index >= 15 is 0 Å². The fraction of sp³-hybridized carbons (Fsp3) is 0.867. The monoisotopic (exact) mass is 340 g/mol. The Bertz CT molecular complexity index is 603. The Kier molecular flexibility index (Phi) is 4.63. The number of carbonyl (C=O) groups is 1. The fourth-order valence-corrected chi connectivity index (χ4v) is 5.76. The molecule has 3 aliphatic heterocycles. The predicted molar refractivity (Wildman–Crippen MR) is 84.3 cm³/mol. The van der Waals surface area contributed by atoms with Crippen molar-refractivity contribution < 1.29 is 13.2 Å². The van der Waals surface area contributed by atoms with Crippen LogP contribution in [0.1, 0.15) is 32.6 Å². The van der Waals surface area contributed by atoms with Gasteiger partial charge in [-0.15, -0.1) is 0 Å². The van der Waals surface area contributed by atoms with Crippen LogP contribution in [-0.4, -0.2) is 66.6 Å². The molecule has 3 rings (SSSR count). The molecule has 3 heterocycles. The Hall–Kier alpha value is -1.17. The molecule has 0 aliphatic carbocycles. The third-order valence-electron chi connectivity index (χ3n) is 5.32. The largest absolute Gasteiger partial charge is 0.342 e. The van der Waals surface area contributed by atoms with E-state index in [1.54, 1.807) is 0 Å². The molecule has 0 aromatic heterocycles. The first kappa shape index (κ1) is 16.7. The maximum atomic E-state index is 12.7. The van der Waals surface area contributed by atoms with Gasteiger partial charge in [0.2, 0.25) is 5.91 Å². The van der Waals surface area contributed by atoms with Crippen molar-refractivity contribution in [2.24, 2.45) is 11.8 Å². The second-order valence-corrected chi connectivity index (χ2v) is 8.66. The topological polar surface area (TPSA) is 84.7 Å². The summed E-state index contributed by atoms with van der Waals surface area (Å²) < 4.78 is 28.3. The quantitative estimate of drug-likeness (QED) is 0.745. The van der Waals surface area contributed by atoms with E-state index in [-0.39, 0.29) is 36.9 Å². The highest BCUT2D eigenvalue weighted by atomic mass is 32.2. The van der Waals surface area contributed by atoms with Gasteiger partial charge in [-0.1, -0.05) is 0 Å². The summed E-state index contributed by atoms with van der Waals surface area (Å²) in [5, 5.41) is 8.83. The summed E-state index contributed by atoms with van der Waals surface area (Å²) in [6, 6.07) is 1.78. The minimum absolute atomic E-state index is 0.105. The molecule has 0 aromatic carbocycles. The number of carbonyl (C=O) groups excluding carboxylic acids is 1. The van der Waals surface area contributed by atoms with Crippen LogP contribution in [0.25, 0.3) is 0 Å². The Labute approximate surface area is 138 Å². The molecular formula is C15H24N4O3S. The van der Waals surface area contributed by atoms with Gasteiger partial charge < -0.3 is 4.90 Å². The van der Waals surface area contributed by atoms with Gasteiger partial charge >= 0.3 is 0 Å². The second-order valence-electron chi connectivity index (χ2n) is 6.78. The van der Waals surface area contributed by atoms with Crippen molar-refractivity contribution in [1.29, 1.82) is 5.26 Å². The molecule has 0 saturated carbocycles. The van der Waals surface area contributed by atoms with Crippen LogP contribution in [0, 0.1) is 23.2 Å². The van der Waals surface area contributed by atoms with Gasteiger partial charge in [-0.05, 0) is 32.6 Å². The zero-order valence-corrected chi connectivity index (χ0v) is 14.3. The summed E-state index contributed by atoms with van der Waals surface area (Å²) in [6.45, 7) is 4.44. The molecule has 0 unspecified atom stereocenters. The Morgan fingerprint density at radius 3 is 2.39 bits per heavy atom. The van der Waals surface area contributed by atoms with Gasteiger partial charge in [-0.25, -0.2) is 0 Å². The number of nitrogens with zero attached hydrogens (tertiary/aromatic N) is 4. The number of hydrogen-bond donors (Lipinski definition) is 0. The number of amides is 1. The smallest absolute Gasteiger partial charge is 0.282 e. The van der Waals surface area contributed by atoms with E-state index in [1.807, 2.05) is 11.8 Å². The van der Waals surface area contributed by atoms with E-state index in [0.717, 1.165) is 32.4 Å². The van der Waals surface area contributed by atoms with Crippen LogP contribution in [0.2, 0.25) is 0 Å². The van der Waals surface area contributed by atoms with Crippen molar-refractivity contribution in [2.75, 3.05) is 32.7 Å². The predicted octanol–water partition coefficient (Wildman–Crippen LogP) is 0.409. The molecule has 1 amide bonds. The van der Waals surface area contributed by atoms with Crippen LogP contribution < -0.4 is 0 Å². The molecular weight excluding hydrogens is 316 g/mol. The SMILES string of the molecule is C[C@H]1[C@@H](C(=O)N2CCCC2)CCCN1S(=O)(=O)N1CC(C#N)C1. The molecule has 8 heteroatoms. The second kappa shape index (κ2) is 6.38. The van der Waals surface area contributed by atoms with Gasteiger partial charge in [-0.3, -0.25) is 4.79 Å². The highest BCUT2D eigenvalue weighted by Crippen LogP contribution is 2.31. The van der Waals surface area contributed by atoms with E-state index in [9.17, 15) is 13.2 Å². The lowest BCUT2D eigenvalue weighted by Gasteiger charge is -2.44. The van der Waals surface area contributed by atoms with E-state index < -0.39 is 10.2 Å². The van der Waals surface area contributed by atoms with Crippen molar-refractivity contribution in [1.82, 2.24) is 13.5 Å². The first-order valence-corrected chi connectivity index (χ1v) is 9.80. The molecule has 3 saturated heterocycles. The first-order valence-electron chi connectivity index (χ1n) is 8.40. The van der Waals surface area contributed by atoms with Crippen molar-refractivity contribution in [2.45, 2.75) is 38.6 Å². The first-order chi connectivity index (χ1) is 10.9. The van der Waals surface area contributed by atoms with Crippen molar-refractivity contribution >= 4 is 16.1 Å². The number of rotatable bonds is 3. The average Bonchev–Trinajstić information content (AvgIpc) is 2.99. The van der Waals surface area contributed by atoms with Crippen LogP contribution in [0.15, 0.2) is 0 Å². The molecule has 0 bridgehead atoms. The van der Waals surface area contributed by atoms with Crippen molar-refractivity contribution in [3.63, 3.8) is 0 Å². The fourth-order valence-electron chi connectivity index (χ4n) is 3.80. The number of piperidine rings is 1. The Morgan fingerprint density at radius 2 is 1.78 bits per heavy atom. The van der Waals surface area contributed by atoms with Gasteiger partial charge in [0.25, 0.3) is 10.2 Å². The maximum absolute atomic E-state index is 12.7. The highest BCUT2D eigenvalue weighted by Gasteiger charge is 2.45. The van der Waals surface area contributed by atoms with Crippen LogP contribution in [0.3, 0.4) is 0 Å². The number of nitriles is 1. The van der Waals surface area contributed by atoms with Crippen molar-refractivity contribution in [3.8, 4) is 6.07 Å². The van der Waals surface area contributed by atoms with Gasteiger partial charge in [0, 0.05) is 38.8 Å². The summed E-state index contributed by atoms with van der Waals surface area (Å²) in [6.07, 6.45) is 3.54. The molecule has 0 radical (unpaired) electrons. The minimum atomic E-state index is -3.56. The van der Waals surface area contributed by atoms with E-state index in [2.05, 4.69) is 6.07 Å². The van der Waals surface area contributed by atoms with Gasteiger partial charge in [0.05, 0.1) is 17.9 Å². The third-order valence-corrected chi connectivity index (χ3v) is 7.38. The minimum Gasteiger partial charge on any atom is -0.342 e. The molecule has 0 N–H and O–H groups in total. The summed E-state index contributed by atoms with van der Waals surface area (Å²) >= 11 is 0. The van der Waals surface area contributed by atoms with Crippen LogP contribution in [-0.2, 0) is 15.0 Å². The van der Waals surface area contributed by atoms with E-state index in [4.69, 9.17) is 5.26 Å². The lowest BCUT2D eigenvalue weighted by Crippen LogP contribution is -2.60. The maximum Gasteiger partial charge on any atom is 0.282 e. The van der Waals surface area contributed by atoms with E-state index in [0.29, 0.717) is 13.0 Å². The Balaban J connectivity index is 1.71.